The first-order valence-corrected chi connectivity index (χ1v) is 7.90. The third kappa shape index (κ3) is 2.05. The average molecular weight is 270 g/mol. The van der Waals surface area contributed by atoms with Crippen molar-refractivity contribution in [3.05, 3.63) is 35.4 Å². The molecule has 2 aliphatic heterocycles. The van der Waals surface area contributed by atoms with Gasteiger partial charge in [-0.05, 0) is 49.3 Å². The van der Waals surface area contributed by atoms with Crippen molar-refractivity contribution in [1.82, 2.24) is 10.2 Å². The Morgan fingerprint density at radius 3 is 2.60 bits per heavy atom. The van der Waals surface area contributed by atoms with E-state index in [1.807, 2.05) is 0 Å². The number of fused-ring (bicyclic) bond motifs is 2. The summed E-state index contributed by atoms with van der Waals surface area (Å²) in [6, 6.07) is 9.07. The molecule has 1 aromatic carbocycles. The lowest BCUT2D eigenvalue weighted by Gasteiger charge is -2.24. The van der Waals surface area contributed by atoms with Crippen molar-refractivity contribution in [3.8, 4) is 0 Å². The zero-order chi connectivity index (χ0) is 13.5. The fourth-order valence-electron chi connectivity index (χ4n) is 4.22. The Kier molecular flexibility index (Phi) is 3.03. The molecule has 3 nitrogen and oxygen atoms in total. The van der Waals surface area contributed by atoms with Crippen LogP contribution in [0.2, 0.25) is 0 Å². The molecule has 0 spiro atoms. The Morgan fingerprint density at radius 1 is 1.15 bits per heavy atom. The van der Waals surface area contributed by atoms with Crippen LogP contribution >= 0.6 is 0 Å². The second kappa shape index (κ2) is 4.88. The van der Waals surface area contributed by atoms with E-state index < -0.39 is 0 Å². The predicted octanol–water partition coefficient (Wildman–Crippen LogP) is 1.61. The molecular weight excluding hydrogens is 248 g/mol. The van der Waals surface area contributed by atoms with Crippen molar-refractivity contribution in [2.45, 2.75) is 31.7 Å². The summed E-state index contributed by atoms with van der Waals surface area (Å²) >= 11 is 0. The molecule has 0 aromatic heterocycles. The molecule has 3 heteroatoms. The number of rotatable bonds is 1. The van der Waals surface area contributed by atoms with Gasteiger partial charge in [-0.2, -0.15) is 0 Å². The van der Waals surface area contributed by atoms with Gasteiger partial charge in [0.05, 0.1) is 0 Å². The molecule has 0 bridgehead atoms. The molecule has 2 atom stereocenters. The summed E-state index contributed by atoms with van der Waals surface area (Å²) < 4.78 is 0. The summed E-state index contributed by atoms with van der Waals surface area (Å²) in [7, 11) is 0. The maximum absolute atomic E-state index is 12.8. The van der Waals surface area contributed by atoms with Gasteiger partial charge < -0.3 is 10.2 Å². The fraction of sp³-hybridized carbons (Fsp3) is 0.588. The van der Waals surface area contributed by atoms with Crippen LogP contribution < -0.4 is 5.32 Å². The van der Waals surface area contributed by atoms with Gasteiger partial charge >= 0.3 is 0 Å². The Hall–Kier alpha value is -1.35. The molecule has 106 valence electrons. The molecule has 1 aromatic rings. The normalized spacial score (nSPS) is 29.3. The first kappa shape index (κ1) is 12.4. The van der Waals surface area contributed by atoms with Crippen molar-refractivity contribution >= 4 is 5.91 Å². The van der Waals surface area contributed by atoms with Crippen molar-refractivity contribution < 1.29 is 4.79 Å². The van der Waals surface area contributed by atoms with Crippen LogP contribution in [0.1, 0.15) is 24.0 Å². The molecule has 3 aliphatic rings. The van der Waals surface area contributed by atoms with Crippen molar-refractivity contribution in [2.75, 3.05) is 19.6 Å². The van der Waals surface area contributed by atoms with E-state index in [0.717, 1.165) is 32.5 Å². The standard InChI is InChI=1S/C17H22N2O/c20-17(15-8-12-4-1-2-5-13(12)9-15)19-10-14-6-3-7-18-16(14)11-19/h1-2,4-5,14-16,18H,3,6-11H2. The first-order valence-electron chi connectivity index (χ1n) is 7.90. The van der Waals surface area contributed by atoms with Gasteiger partial charge in [-0.15, -0.1) is 0 Å². The number of nitrogens with zero attached hydrogens (tertiary/aromatic N) is 1. The molecule has 20 heavy (non-hydrogen) atoms. The number of piperidine rings is 1. The van der Waals surface area contributed by atoms with Crippen LogP contribution in [0.3, 0.4) is 0 Å². The minimum Gasteiger partial charge on any atom is -0.341 e. The van der Waals surface area contributed by atoms with Crippen molar-refractivity contribution in [3.63, 3.8) is 0 Å². The number of benzene rings is 1. The smallest absolute Gasteiger partial charge is 0.226 e. The lowest BCUT2D eigenvalue weighted by Crippen LogP contribution is -2.41. The van der Waals surface area contributed by atoms with Crippen LogP contribution in [-0.2, 0) is 17.6 Å². The molecule has 1 N–H and O–H groups in total. The SMILES string of the molecule is O=C(C1Cc2ccccc2C1)N1CC2CCCNC2C1. The molecule has 2 fully saturated rings. The number of carbonyl (C=O) groups excluding carboxylic acids is 1. The Bertz CT molecular complexity index is 488. The van der Waals surface area contributed by atoms with E-state index in [2.05, 4.69) is 34.5 Å². The third-order valence-corrected chi connectivity index (χ3v) is 5.31. The van der Waals surface area contributed by atoms with E-state index in [1.54, 1.807) is 0 Å². The largest absolute Gasteiger partial charge is 0.341 e. The van der Waals surface area contributed by atoms with E-state index in [1.165, 1.54) is 24.0 Å². The zero-order valence-electron chi connectivity index (χ0n) is 11.8. The van der Waals surface area contributed by atoms with E-state index in [-0.39, 0.29) is 5.92 Å². The van der Waals surface area contributed by atoms with Crippen LogP contribution in [0.25, 0.3) is 0 Å². The lowest BCUT2D eigenvalue weighted by molar-refractivity contribution is -0.134. The van der Waals surface area contributed by atoms with Gasteiger partial charge in [0, 0.05) is 25.0 Å². The summed E-state index contributed by atoms with van der Waals surface area (Å²) in [5.41, 5.74) is 2.75. The second-order valence-electron chi connectivity index (χ2n) is 6.58. The highest BCUT2D eigenvalue weighted by Gasteiger charge is 2.39. The molecule has 2 heterocycles. The summed E-state index contributed by atoms with van der Waals surface area (Å²) in [6.45, 7) is 3.03. The Morgan fingerprint density at radius 2 is 1.90 bits per heavy atom. The summed E-state index contributed by atoms with van der Waals surface area (Å²) in [4.78, 5) is 14.9. The predicted molar refractivity (Wildman–Crippen MR) is 78.4 cm³/mol. The van der Waals surface area contributed by atoms with Gasteiger partial charge in [0.25, 0.3) is 0 Å². The van der Waals surface area contributed by atoms with Crippen LogP contribution in [-0.4, -0.2) is 36.5 Å². The van der Waals surface area contributed by atoms with E-state index >= 15 is 0 Å². The third-order valence-electron chi connectivity index (χ3n) is 5.31. The fourth-order valence-corrected chi connectivity index (χ4v) is 4.22. The highest BCUT2D eigenvalue weighted by atomic mass is 16.2. The quantitative estimate of drug-likeness (QED) is 0.841. The van der Waals surface area contributed by atoms with Crippen LogP contribution in [0.5, 0.6) is 0 Å². The number of likely N-dealkylation sites (tertiary alicyclic amines) is 1. The highest BCUT2D eigenvalue weighted by Crippen LogP contribution is 2.31. The number of amides is 1. The maximum Gasteiger partial charge on any atom is 0.226 e. The van der Waals surface area contributed by atoms with Crippen LogP contribution in [0.15, 0.2) is 24.3 Å². The van der Waals surface area contributed by atoms with Crippen molar-refractivity contribution in [2.24, 2.45) is 11.8 Å². The first-order chi connectivity index (χ1) is 9.81. The van der Waals surface area contributed by atoms with Gasteiger partial charge in [0.1, 0.15) is 0 Å². The topological polar surface area (TPSA) is 32.3 Å². The molecular formula is C17H22N2O. The minimum absolute atomic E-state index is 0.188. The van der Waals surface area contributed by atoms with E-state index in [4.69, 9.17) is 0 Å². The molecule has 0 radical (unpaired) electrons. The van der Waals surface area contributed by atoms with Gasteiger partial charge in [-0.1, -0.05) is 24.3 Å². The number of hydrogen-bond acceptors (Lipinski definition) is 2. The number of hydrogen-bond donors (Lipinski definition) is 1. The average Bonchev–Trinajstić information content (AvgIpc) is 3.10. The summed E-state index contributed by atoms with van der Waals surface area (Å²) in [5, 5.41) is 3.58. The highest BCUT2D eigenvalue weighted by molar-refractivity contribution is 5.81. The number of nitrogens with one attached hydrogen (secondary N) is 1. The van der Waals surface area contributed by atoms with Gasteiger partial charge in [0.2, 0.25) is 5.91 Å². The number of carbonyl (C=O) groups is 1. The monoisotopic (exact) mass is 270 g/mol. The Balaban J connectivity index is 1.44. The van der Waals surface area contributed by atoms with Gasteiger partial charge in [-0.25, -0.2) is 0 Å². The molecule has 2 saturated heterocycles. The molecule has 4 rings (SSSR count). The molecule has 1 amide bonds. The Labute approximate surface area is 120 Å². The van der Waals surface area contributed by atoms with Gasteiger partial charge in [0.15, 0.2) is 0 Å². The lowest BCUT2D eigenvalue weighted by atomic mass is 9.94. The van der Waals surface area contributed by atoms with E-state index in [9.17, 15) is 4.79 Å². The summed E-state index contributed by atoms with van der Waals surface area (Å²) in [6.07, 6.45) is 4.42. The molecule has 1 aliphatic carbocycles. The zero-order valence-corrected chi connectivity index (χ0v) is 11.8. The van der Waals surface area contributed by atoms with Crippen LogP contribution in [0.4, 0.5) is 0 Å². The molecule has 2 unspecified atom stereocenters. The molecule has 0 saturated carbocycles. The van der Waals surface area contributed by atoms with Crippen LogP contribution in [0, 0.1) is 11.8 Å². The summed E-state index contributed by atoms with van der Waals surface area (Å²) in [5.74, 6) is 1.27. The van der Waals surface area contributed by atoms with Crippen molar-refractivity contribution in [1.29, 1.82) is 0 Å². The minimum atomic E-state index is 0.188. The second-order valence-corrected chi connectivity index (χ2v) is 6.58. The maximum atomic E-state index is 12.8. The van der Waals surface area contributed by atoms with E-state index in [0.29, 0.717) is 17.9 Å². The van der Waals surface area contributed by atoms with Gasteiger partial charge in [-0.3, -0.25) is 4.79 Å².